The van der Waals surface area contributed by atoms with Crippen LogP contribution >= 0.6 is 0 Å². The zero-order chi connectivity index (χ0) is 15.3. The van der Waals surface area contributed by atoms with E-state index in [9.17, 15) is 0 Å². The molecule has 0 aliphatic rings. The van der Waals surface area contributed by atoms with Crippen molar-refractivity contribution >= 4 is 11.6 Å². The summed E-state index contributed by atoms with van der Waals surface area (Å²) in [4.78, 5) is 11.3. The number of nitrogens with one attached hydrogen (secondary N) is 1. The maximum absolute atomic E-state index is 4.55. The third-order valence-corrected chi connectivity index (χ3v) is 3.89. The lowest BCUT2D eigenvalue weighted by molar-refractivity contribution is 0.501. The average Bonchev–Trinajstić information content (AvgIpc) is 2.42. The van der Waals surface area contributed by atoms with Crippen molar-refractivity contribution < 1.29 is 0 Å². The van der Waals surface area contributed by atoms with Gasteiger partial charge >= 0.3 is 0 Å². The molecule has 4 nitrogen and oxygen atoms in total. The minimum atomic E-state index is 0.396. The zero-order valence-electron chi connectivity index (χ0n) is 14.1. The predicted molar refractivity (Wildman–Crippen MR) is 87.6 cm³/mol. The van der Waals surface area contributed by atoms with Crippen molar-refractivity contribution in [2.24, 2.45) is 5.92 Å². The van der Waals surface area contributed by atoms with Gasteiger partial charge in [-0.15, -0.1) is 0 Å². The fraction of sp³-hybridized carbons (Fsp3) is 0.750. The van der Waals surface area contributed by atoms with E-state index < -0.39 is 0 Å². The van der Waals surface area contributed by atoms with Crippen LogP contribution in [0.2, 0.25) is 0 Å². The van der Waals surface area contributed by atoms with Gasteiger partial charge in [-0.1, -0.05) is 34.6 Å². The molecule has 0 radical (unpaired) electrons. The van der Waals surface area contributed by atoms with Gasteiger partial charge < -0.3 is 10.2 Å². The van der Waals surface area contributed by atoms with Crippen LogP contribution in [0, 0.1) is 5.92 Å². The Labute approximate surface area is 124 Å². The smallest absolute Gasteiger partial charge is 0.137 e. The average molecular weight is 278 g/mol. The Kier molecular flexibility index (Phi) is 6.24. The van der Waals surface area contributed by atoms with E-state index in [2.05, 4.69) is 68.8 Å². The quantitative estimate of drug-likeness (QED) is 0.821. The fourth-order valence-corrected chi connectivity index (χ4v) is 2.22. The molecule has 1 aromatic heterocycles. The highest BCUT2D eigenvalue weighted by atomic mass is 15.2. The first kappa shape index (κ1) is 16.7. The summed E-state index contributed by atoms with van der Waals surface area (Å²) in [5, 5.41) is 3.43. The van der Waals surface area contributed by atoms with Crippen LogP contribution in [0.5, 0.6) is 0 Å². The summed E-state index contributed by atoms with van der Waals surface area (Å²) in [6.45, 7) is 14.2. The van der Waals surface area contributed by atoms with Crippen molar-refractivity contribution in [2.75, 3.05) is 23.8 Å². The normalized spacial score (nSPS) is 12.8. The van der Waals surface area contributed by atoms with Gasteiger partial charge in [0.15, 0.2) is 0 Å². The van der Waals surface area contributed by atoms with Crippen LogP contribution in [-0.4, -0.2) is 29.6 Å². The number of rotatable bonds is 7. The Bertz CT molecular complexity index is 415. The molecule has 4 heteroatoms. The van der Waals surface area contributed by atoms with Crippen molar-refractivity contribution in [1.29, 1.82) is 0 Å². The third-order valence-electron chi connectivity index (χ3n) is 3.89. The summed E-state index contributed by atoms with van der Waals surface area (Å²) in [6.07, 6.45) is 2.76. The second-order valence-corrected chi connectivity index (χ2v) is 6.14. The van der Waals surface area contributed by atoms with Crippen LogP contribution in [0.25, 0.3) is 0 Å². The monoisotopic (exact) mass is 278 g/mol. The third kappa shape index (κ3) is 3.84. The van der Waals surface area contributed by atoms with Gasteiger partial charge in [0, 0.05) is 25.2 Å². The van der Waals surface area contributed by atoms with Crippen LogP contribution in [0.15, 0.2) is 6.33 Å². The highest BCUT2D eigenvalue weighted by Crippen LogP contribution is 2.31. The van der Waals surface area contributed by atoms with E-state index in [1.165, 1.54) is 5.56 Å². The lowest BCUT2D eigenvalue weighted by atomic mass is 10.0. The molecule has 1 N–H and O–H groups in total. The highest BCUT2D eigenvalue weighted by molar-refractivity contribution is 5.60. The maximum atomic E-state index is 4.55. The Morgan fingerprint density at radius 2 is 1.80 bits per heavy atom. The Hall–Kier alpha value is -1.32. The molecule has 0 saturated heterocycles. The number of hydrogen-bond donors (Lipinski definition) is 1. The Balaban J connectivity index is 3.18. The molecule has 0 aromatic carbocycles. The molecule has 0 fully saturated rings. The molecule has 1 heterocycles. The lowest BCUT2D eigenvalue weighted by Gasteiger charge is -2.31. The molecule has 114 valence electrons. The molecule has 0 spiro atoms. The van der Waals surface area contributed by atoms with Crippen LogP contribution < -0.4 is 10.2 Å². The molecule has 20 heavy (non-hydrogen) atoms. The molecule has 1 atom stereocenters. The molecular formula is C16H30N4. The van der Waals surface area contributed by atoms with E-state index in [0.717, 1.165) is 24.6 Å². The van der Waals surface area contributed by atoms with Gasteiger partial charge in [-0.05, 0) is 25.2 Å². The Morgan fingerprint density at radius 3 is 2.30 bits per heavy atom. The van der Waals surface area contributed by atoms with Crippen LogP contribution in [0.3, 0.4) is 0 Å². The molecule has 0 aliphatic carbocycles. The summed E-state index contributed by atoms with van der Waals surface area (Å²) in [6, 6.07) is 0.446. The second kappa shape index (κ2) is 7.46. The molecule has 0 bridgehead atoms. The Morgan fingerprint density at radius 1 is 1.15 bits per heavy atom. The summed E-state index contributed by atoms with van der Waals surface area (Å²) < 4.78 is 0. The first-order chi connectivity index (χ1) is 9.40. The minimum Gasteiger partial charge on any atom is -0.370 e. The number of anilines is 2. The molecule has 1 rings (SSSR count). The fourth-order valence-electron chi connectivity index (χ4n) is 2.22. The maximum Gasteiger partial charge on any atom is 0.137 e. The van der Waals surface area contributed by atoms with Gasteiger partial charge in [-0.3, -0.25) is 0 Å². The van der Waals surface area contributed by atoms with Gasteiger partial charge in [0.05, 0.1) is 0 Å². The van der Waals surface area contributed by atoms with Gasteiger partial charge in [0.25, 0.3) is 0 Å². The van der Waals surface area contributed by atoms with E-state index in [-0.39, 0.29) is 0 Å². The van der Waals surface area contributed by atoms with E-state index in [4.69, 9.17) is 0 Å². The summed E-state index contributed by atoms with van der Waals surface area (Å²) in [5.41, 5.74) is 1.22. The number of hydrogen-bond acceptors (Lipinski definition) is 4. The molecule has 1 aromatic rings. The molecule has 1 unspecified atom stereocenters. The molecule has 0 aliphatic heterocycles. The first-order valence-corrected chi connectivity index (χ1v) is 7.71. The molecular weight excluding hydrogens is 248 g/mol. The van der Waals surface area contributed by atoms with Crippen molar-refractivity contribution in [3.63, 3.8) is 0 Å². The lowest BCUT2D eigenvalue weighted by Crippen LogP contribution is -2.35. The molecule has 0 saturated carbocycles. The number of nitrogens with zero attached hydrogens (tertiary/aromatic N) is 3. The van der Waals surface area contributed by atoms with E-state index in [1.54, 1.807) is 6.33 Å². The molecule has 0 amide bonds. The van der Waals surface area contributed by atoms with Gasteiger partial charge in [0.2, 0.25) is 0 Å². The predicted octanol–water partition coefficient (Wildman–Crippen LogP) is 3.90. The van der Waals surface area contributed by atoms with Crippen LogP contribution in [-0.2, 0) is 0 Å². The van der Waals surface area contributed by atoms with E-state index in [1.807, 2.05) is 0 Å². The van der Waals surface area contributed by atoms with Gasteiger partial charge in [-0.25, -0.2) is 9.97 Å². The van der Waals surface area contributed by atoms with E-state index in [0.29, 0.717) is 17.9 Å². The highest BCUT2D eigenvalue weighted by Gasteiger charge is 2.22. The summed E-state index contributed by atoms with van der Waals surface area (Å²) >= 11 is 0. The van der Waals surface area contributed by atoms with Gasteiger partial charge in [-0.2, -0.15) is 0 Å². The minimum absolute atomic E-state index is 0.396. The zero-order valence-corrected chi connectivity index (χ0v) is 14.1. The topological polar surface area (TPSA) is 41.1 Å². The number of aromatic nitrogens is 2. The summed E-state index contributed by atoms with van der Waals surface area (Å²) in [5.74, 6) is 3.01. The van der Waals surface area contributed by atoms with Gasteiger partial charge in [0.1, 0.15) is 18.0 Å². The summed E-state index contributed by atoms with van der Waals surface area (Å²) in [7, 11) is 2.13. The second-order valence-electron chi connectivity index (χ2n) is 6.14. The van der Waals surface area contributed by atoms with Crippen LogP contribution in [0.4, 0.5) is 11.6 Å². The SMILES string of the molecule is CCCNc1ncnc(N(C)C(C)C(C)C)c1C(C)C. The van der Waals surface area contributed by atoms with Crippen molar-refractivity contribution in [3.05, 3.63) is 11.9 Å². The first-order valence-electron chi connectivity index (χ1n) is 7.71. The van der Waals surface area contributed by atoms with E-state index >= 15 is 0 Å². The van der Waals surface area contributed by atoms with Crippen molar-refractivity contribution in [2.45, 2.75) is 59.9 Å². The van der Waals surface area contributed by atoms with Crippen molar-refractivity contribution in [1.82, 2.24) is 9.97 Å². The van der Waals surface area contributed by atoms with Crippen LogP contribution in [0.1, 0.15) is 59.4 Å². The van der Waals surface area contributed by atoms with Crippen molar-refractivity contribution in [3.8, 4) is 0 Å². The largest absolute Gasteiger partial charge is 0.370 e. The standard InChI is InChI=1S/C16H30N4/c1-8-9-17-15-14(12(4)5)16(19-10-18-15)20(7)13(6)11(2)3/h10-13H,8-9H2,1-7H3,(H,17,18,19).